The number of ether oxygens (including phenoxy) is 1. The van der Waals surface area contributed by atoms with E-state index in [-0.39, 0.29) is 6.10 Å². The summed E-state index contributed by atoms with van der Waals surface area (Å²) in [6, 6.07) is 18.1. The van der Waals surface area contributed by atoms with E-state index in [1.807, 2.05) is 54.6 Å². The Bertz CT molecular complexity index is 804. The molecule has 1 aliphatic heterocycles. The van der Waals surface area contributed by atoms with Gasteiger partial charge < -0.3 is 9.26 Å². The molecule has 3 aromatic rings. The van der Waals surface area contributed by atoms with E-state index >= 15 is 0 Å². The third-order valence-electron chi connectivity index (χ3n) is 4.66. The molecule has 2 aromatic heterocycles. The van der Waals surface area contributed by atoms with Gasteiger partial charge in [-0.3, -0.25) is 9.88 Å². The summed E-state index contributed by atoms with van der Waals surface area (Å²) in [7, 11) is 0. The molecular formula is C21H23N3O2. The number of nitrogens with zero attached hydrogens (tertiary/aromatic N) is 3. The maximum absolute atomic E-state index is 6.06. The van der Waals surface area contributed by atoms with E-state index < -0.39 is 0 Å². The first-order valence-corrected chi connectivity index (χ1v) is 9.12. The van der Waals surface area contributed by atoms with E-state index in [2.05, 4.69) is 15.0 Å². The van der Waals surface area contributed by atoms with Crippen LogP contribution in [-0.2, 0) is 17.9 Å². The Hall–Kier alpha value is -2.50. The van der Waals surface area contributed by atoms with E-state index in [0.29, 0.717) is 6.61 Å². The summed E-state index contributed by atoms with van der Waals surface area (Å²) in [4.78, 5) is 6.70. The fourth-order valence-corrected chi connectivity index (χ4v) is 3.33. The van der Waals surface area contributed by atoms with Crippen molar-refractivity contribution in [2.45, 2.75) is 32.1 Å². The van der Waals surface area contributed by atoms with Crippen molar-refractivity contribution in [3.63, 3.8) is 0 Å². The second-order valence-corrected chi connectivity index (χ2v) is 6.68. The predicted octanol–water partition coefficient (Wildman–Crippen LogP) is 3.92. The lowest BCUT2D eigenvalue weighted by molar-refractivity contribution is -0.0149. The second-order valence-electron chi connectivity index (χ2n) is 6.68. The highest BCUT2D eigenvalue weighted by atomic mass is 16.5. The Kier molecular flexibility index (Phi) is 5.38. The van der Waals surface area contributed by atoms with E-state index in [0.717, 1.165) is 55.2 Å². The maximum Gasteiger partial charge on any atom is 0.151 e. The SMILES string of the molecule is c1ccc(-c2cc(CN3CCC[C@H](OCc4ccccn4)C3)on2)cc1. The molecule has 0 N–H and O–H groups in total. The lowest BCUT2D eigenvalue weighted by atomic mass is 10.1. The maximum atomic E-state index is 6.06. The summed E-state index contributed by atoms with van der Waals surface area (Å²) in [6.45, 7) is 3.31. The zero-order valence-corrected chi connectivity index (χ0v) is 14.8. The Labute approximate surface area is 153 Å². The van der Waals surface area contributed by atoms with Gasteiger partial charge >= 0.3 is 0 Å². The molecule has 1 aromatic carbocycles. The molecular weight excluding hydrogens is 326 g/mol. The molecule has 3 heterocycles. The van der Waals surface area contributed by atoms with Crippen LogP contribution in [0.4, 0.5) is 0 Å². The van der Waals surface area contributed by atoms with Crippen LogP contribution >= 0.6 is 0 Å². The van der Waals surface area contributed by atoms with Gasteiger partial charge in [0.1, 0.15) is 5.69 Å². The highest BCUT2D eigenvalue weighted by molar-refractivity contribution is 5.58. The van der Waals surface area contributed by atoms with Gasteiger partial charge in [0.2, 0.25) is 0 Å². The number of pyridine rings is 1. The molecule has 5 heteroatoms. The summed E-state index contributed by atoms with van der Waals surface area (Å²) in [6.07, 6.45) is 4.27. The molecule has 1 saturated heterocycles. The minimum atomic E-state index is 0.238. The van der Waals surface area contributed by atoms with Gasteiger partial charge in [0.25, 0.3) is 0 Å². The van der Waals surface area contributed by atoms with E-state index in [4.69, 9.17) is 9.26 Å². The summed E-state index contributed by atoms with van der Waals surface area (Å²) in [5.74, 6) is 0.897. The van der Waals surface area contributed by atoms with E-state index in [9.17, 15) is 0 Å². The molecule has 0 unspecified atom stereocenters. The van der Waals surface area contributed by atoms with Crippen molar-refractivity contribution in [2.75, 3.05) is 13.1 Å². The Morgan fingerprint density at radius 3 is 2.85 bits per heavy atom. The molecule has 0 saturated carbocycles. The fourth-order valence-electron chi connectivity index (χ4n) is 3.33. The predicted molar refractivity (Wildman–Crippen MR) is 99.3 cm³/mol. The molecule has 1 atom stereocenters. The van der Waals surface area contributed by atoms with Crippen LogP contribution < -0.4 is 0 Å². The van der Waals surface area contributed by atoms with Gasteiger partial charge in [0, 0.05) is 24.4 Å². The topological polar surface area (TPSA) is 51.4 Å². The number of aromatic nitrogens is 2. The first kappa shape index (κ1) is 16.9. The van der Waals surface area contributed by atoms with Crippen LogP contribution in [0.2, 0.25) is 0 Å². The number of hydrogen-bond acceptors (Lipinski definition) is 5. The number of benzene rings is 1. The van der Waals surface area contributed by atoms with Crippen LogP contribution in [-0.4, -0.2) is 34.2 Å². The molecule has 0 radical (unpaired) electrons. The van der Waals surface area contributed by atoms with Crippen molar-refractivity contribution in [3.05, 3.63) is 72.2 Å². The molecule has 0 amide bonds. The summed E-state index contributed by atoms with van der Waals surface area (Å²) >= 11 is 0. The highest BCUT2D eigenvalue weighted by Crippen LogP contribution is 2.21. The van der Waals surface area contributed by atoms with Crippen LogP contribution in [0.3, 0.4) is 0 Å². The Morgan fingerprint density at radius 1 is 1.12 bits per heavy atom. The van der Waals surface area contributed by atoms with E-state index in [1.165, 1.54) is 0 Å². The number of piperidine rings is 1. The molecule has 4 rings (SSSR count). The Morgan fingerprint density at radius 2 is 2.00 bits per heavy atom. The number of hydrogen-bond donors (Lipinski definition) is 0. The zero-order chi connectivity index (χ0) is 17.6. The molecule has 0 bridgehead atoms. The fraction of sp³-hybridized carbons (Fsp3) is 0.333. The van der Waals surface area contributed by atoms with Crippen LogP contribution in [0, 0.1) is 0 Å². The summed E-state index contributed by atoms with van der Waals surface area (Å²) in [5.41, 5.74) is 2.95. The standard InChI is InChI=1S/C21H23N3O2/c1-2-7-17(8-3-1)21-13-20(26-23-21)15-24-12-6-10-19(14-24)25-16-18-9-4-5-11-22-18/h1-5,7-9,11,13,19H,6,10,12,14-16H2/t19-/m0/s1. The summed E-state index contributed by atoms with van der Waals surface area (Å²) in [5, 5.41) is 4.21. The second kappa shape index (κ2) is 8.25. The smallest absolute Gasteiger partial charge is 0.151 e. The third-order valence-corrected chi connectivity index (χ3v) is 4.66. The first-order valence-electron chi connectivity index (χ1n) is 9.12. The van der Waals surface area contributed by atoms with Gasteiger partial charge in [-0.2, -0.15) is 0 Å². The molecule has 5 nitrogen and oxygen atoms in total. The van der Waals surface area contributed by atoms with Crippen LogP contribution in [0.5, 0.6) is 0 Å². The molecule has 134 valence electrons. The summed E-state index contributed by atoms with van der Waals surface area (Å²) < 4.78 is 11.6. The van der Waals surface area contributed by atoms with Gasteiger partial charge in [-0.05, 0) is 31.5 Å². The lowest BCUT2D eigenvalue weighted by Gasteiger charge is -2.31. The van der Waals surface area contributed by atoms with Gasteiger partial charge in [0.15, 0.2) is 5.76 Å². The normalized spacial score (nSPS) is 18.1. The minimum Gasteiger partial charge on any atom is -0.371 e. The van der Waals surface area contributed by atoms with Crippen molar-refractivity contribution >= 4 is 0 Å². The van der Waals surface area contributed by atoms with Crippen LogP contribution in [0.15, 0.2) is 65.3 Å². The van der Waals surface area contributed by atoms with Crippen LogP contribution in [0.25, 0.3) is 11.3 Å². The average molecular weight is 349 g/mol. The molecule has 0 aliphatic carbocycles. The average Bonchev–Trinajstić information content (AvgIpc) is 3.17. The first-order chi connectivity index (χ1) is 12.9. The minimum absolute atomic E-state index is 0.238. The Balaban J connectivity index is 1.32. The number of rotatable bonds is 6. The van der Waals surface area contributed by atoms with Crippen molar-refractivity contribution in [2.24, 2.45) is 0 Å². The largest absolute Gasteiger partial charge is 0.371 e. The lowest BCUT2D eigenvalue weighted by Crippen LogP contribution is -2.39. The van der Waals surface area contributed by atoms with Gasteiger partial charge in [-0.25, -0.2) is 0 Å². The zero-order valence-electron chi connectivity index (χ0n) is 14.8. The van der Waals surface area contributed by atoms with Crippen molar-refractivity contribution in [1.29, 1.82) is 0 Å². The molecule has 26 heavy (non-hydrogen) atoms. The molecule has 1 aliphatic rings. The highest BCUT2D eigenvalue weighted by Gasteiger charge is 2.22. The van der Waals surface area contributed by atoms with Crippen molar-refractivity contribution in [1.82, 2.24) is 15.0 Å². The molecule has 0 spiro atoms. The monoisotopic (exact) mass is 349 g/mol. The third kappa shape index (κ3) is 4.36. The van der Waals surface area contributed by atoms with E-state index in [1.54, 1.807) is 6.20 Å². The van der Waals surface area contributed by atoms with Crippen molar-refractivity contribution < 1.29 is 9.26 Å². The quantitative estimate of drug-likeness (QED) is 0.675. The van der Waals surface area contributed by atoms with Gasteiger partial charge in [-0.1, -0.05) is 41.6 Å². The van der Waals surface area contributed by atoms with Gasteiger partial charge in [0.05, 0.1) is 24.9 Å². The van der Waals surface area contributed by atoms with Crippen LogP contribution in [0.1, 0.15) is 24.3 Å². The van der Waals surface area contributed by atoms with Gasteiger partial charge in [-0.15, -0.1) is 0 Å². The molecule has 1 fully saturated rings. The van der Waals surface area contributed by atoms with Crippen molar-refractivity contribution in [3.8, 4) is 11.3 Å². The number of likely N-dealkylation sites (tertiary alicyclic amines) is 1.